The van der Waals surface area contributed by atoms with Crippen LogP contribution >= 0.6 is 0 Å². The topological polar surface area (TPSA) is 57.4 Å². The summed E-state index contributed by atoms with van der Waals surface area (Å²) in [6.07, 6.45) is 2.48. The van der Waals surface area contributed by atoms with Crippen LogP contribution in [0.4, 0.5) is 0 Å². The molecule has 0 amide bonds. The van der Waals surface area contributed by atoms with Gasteiger partial charge >= 0.3 is 0 Å². The van der Waals surface area contributed by atoms with E-state index in [9.17, 15) is 0 Å². The van der Waals surface area contributed by atoms with Gasteiger partial charge < -0.3 is 15.2 Å². The van der Waals surface area contributed by atoms with E-state index >= 15 is 0 Å². The Morgan fingerprint density at radius 2 is 2.38 bits per heavy atom. The molecule has 0 aliphatic rings. The van der Waals surface area contributed by atoms with Gasteiger partial charge in [-0.25, -0.2) is 4.98 Å². The average molecular weight is 182 g/mol. The lowest BCUT2D eigenvalue weighted by Gasteiger charge is -2.05. The molecule has 4 nitrogen and oxygen atoms in total. The van der Waals surface area contributed by atoms with E-state index in [-0.39, 0.29) is 0 Å². The van der Waals surface area contributed by atoms with E-state index in [4.69, 9.17) is 15.2 Å². The minimum absolute atomic E-state index is 0.577. The Morgan fingerprint density at radius 1 is 1.54 bits per heavy atom. The summed E-state index contributed by atoms with van der Waals surface area (Å²) >= 11 is 0. The van der Waals surface area contributed by atoms with E-state index in [1.165, 1.54) is 0 Å². The summed E-state index contributed by atoms with van der Waals surface area (Å²) in [4.78, 5) is 4.02. The van der Waals surface area contributed by atoms with Gasteiger partial charge in [-0.3, -0.25) is 0 Å². The summed E-state index contributed by atoms with van der Waals surface area (Å²) in [5.74, 6) is 1.32. The number of methoxy groups -OCH3 is 1. The Hall–Kier alpha value is -1.29. The maximum atomic E-state index is 5.32. The molecule has 2 N–H and O–H groups in total. The van der Waals surface area contributed by atoms with Crippen LogP contribution in [0.25, 0.3) is 0 Å². The van der Waals surface area contributed by atoms with Gasteiger partial charge in [-0.05, 0) is 19.0 Å². The highest BCUT2D eigenvalue weighted by Gasteiger charge is 1.96. The lowest BCUT2D eigenvalue weighted by Crippen LogP contribution is -2.06. The predicted octanol–water partition coefficient (Wildman–Crippen LogP) is 0.818. The Labute approximate surface area is 77.7 Å². The van der Waals surface area contributed by atoms with Gasteiger partial charge in [-0.2, -0.15) is 0 Å². The molecule has 1 aromatic rings. The van der Waals surface area contributed by atoms with Crippen LogP contribution in [0.1, 0.15) is 6.42 Å². The van der Waals surface area contributed by atoms with Gasteiger partial charge in [-0.15, -0.1) is 0 Å². The van der Waals surface area contributed by atoms with Crippen molar-refractivity contribution in [3.8, 4) is 11.6 Å². The van der Waals surface area contributed by atoms with Crippen molar-refractivity contribution in [1.82, 2.24) is 4.98 Å². The van der Waals surface area contributed by atoms with Crippen LogP contribution < -0.4 is 15.2 Å². The molecule has 4 heteroatoms. The number of aromatic nitrogens is 1. The highest BCUT2D eigenvalue weighted by Crippen LogP contribution is 2.15. The molecule has 72 valence electrons. The van der Waals surface area contributed by atoms with Gasteiger partial charge in [0.1, 0.15) is 5.75 Å². The first-order chi connectivity index (χ1) is 6.36. The highest BCUT2D eigenvalue weighted by atomic mass is 16.5. The summed E-state index contributed by atoms with van der Waals surface area (Å²) in [7, 11) is 1.61. The van der Waals surface area contributed by atoms with Gasteiger partial charge in [-0.1, -0.05) is 0 Å². The number of nitrogens with two attached hydrogens (primary N) is 1. The highest BCUT2D eigenvalue weighted by molar-refractivity contribution is 5.25. The first-order valence-electron chi connectivity index (χ1n) is 4.19. The quantitative estimate of drug-likeness (QED) is 0.685. The largest absolute Gasteiger partial charge is 0.497 e. The molecule has 0 radical (unpaired) electrons. The SMILES string of the molecule is COc1ccnc(OCCCN)c1. The standard InChI is InChI=1S/C9H14N2O2/c1-12-8-3-5-11-9(7-8)13-6-2-4-10/h3,5,7H,2,4,6,10H2,1H3. The van der Waals surface area contributed by atoms with Crippen molar-refractivity contribution < 1.29 is 9.47 Å². The molecule has 0 fully saturated rings. The normalized spacial score (nSPS) is 9.69. The van der Waals surface area contributed by atoms with Crippen molar-refractivity contribution >= 4 is 0 Å². The van der Waals surface area contributed by atoms with E-state index in [0.717, 1.165) is 12.2 Å². The zero-order chi connectivity index (χ0) is 9.52. The van der Waals surface area contributed by atoms with Gasteiger partial charge in [0.25, 0.3) is 0 Å². The van der Waals surface area contributed by atoms with E-state index in [1.807, 2.05) is 0 Å². The third-order valence-corrected chi connectivity index (χ3v) is 1.54. The Bertz CT molecular complexity index is 253. The molecule has 1 heterocycles. The smallest absolute Gasteiger partial charge is 0.216 e. The van der Waals surface area contributed by atoms with Gasteiger partial charge in [0.15, 0.2) is 0 Å². The zero-order valence-corrected chi connectivity index (χ0v) is 7.69. The molecule has 1 rings (SSSR count). The Kier molecular flexibility index (Phi) is 4.05. The van der Waals surface area contributed by atoms with Gasteiger partial charge in [0, 0.05) is 12.3 Å². The molecule has 0 bridgehead atoms. The third-order valence-electron chi connectivity index (χ3n) is 1.54. The molecule has 1 aromatic heterocycles. The van der Waals surface area contributed by atoms with Crippen molar-refractivity contribution in [2.75, 3.05) is 20.3 Å². The molecule has 13 heavy (non-hydrogen) atoms. The van der Waals surface area contributed by atoms with Crippen molar-refractivity contribution in [1.29, 1.82) is 0 Å². The summed E-state index contributed by atoms with van der Waals surface area (Å²) in [6.45, 7) is 1.22. The predicted molar refractivity (Wildman–Crippen MR) is 50.0 cm³/mol. The maximum Gasteiger partial charge on any atom is 0.216 e. The maximum absolute atomic E-state index is 5.32. The summed E-state index contributed by atoms with van der Waals surface area (Å²) < 4.78 is 10.3. The monoisotopic (exact) mass is 182 g/mol. The minimum atomic E-state index is 0.577. The van der Waals surface area contributed by atoms with Crippen molar-refractivity contribution in [2.24, 2.45) is 5.73 Å². The van der Waals surface area contributed by atoms with Crippen LogP contribution in [0, 0.1) is 0 Å². The first-order valence-corrected chi connectivity index (χ1v) is 4.19. The van der Waals surface area contributed by atoms with Crippen LogP contribution in [0.3, 0.4) is 0 Å². The van der Waals surface area contributed by atoms with Crippen molar-refractivity contribution in [3.63, 3.8) is 0 Å². The third kappa shape index (κ3) is 3.29. The number of nitrogens with zero attached hydrogens (tertiary/aromatic N) is 1. The second-order valence-corrected chi connectivity index (χ2v) is 2.52. The fraction of sp³-hybridized carbons (Fsp3) is 0.444. The Balaban J connectivity index is 2.46. The van der Waals surface area contributed by atoms with E-state index in [2.05, 4.69) is 4.98 Å². The second kappa shape index (κ2) is 5.37. The van der Waals surface area contributed by atoms with Crippen molar-refractivity contribution in [3.05, 3.63) is 18.3 Å². The molecule has 0 saturated heterocycles. The molecule has 0 aromatic carbocycles. The minimum Gasteiger partial charge on any atom is -0.497 e. The lowest BCUT2D eigenvalue weighted by atomic mass is 10.4. The molecule has 0 aliphatic heterocycles. The fourth-order valence-electron chi connectivity index (χ4n) is 0.857. The molecule has 0 unspecified atom stereocenters. The first kappa shape index (κ1) is 9.80. The van der Waals surface area contributed by atoms with E-state index < -0.39 is 0 Å². The number of hydrogen-bond acceptors (Lipinski definition) is 4. The molecule has 0 spiro atoms. The molecular formula is C9H14N2O2. The molecule has 0 atom stereocenters. The zero-order valence-electron chi connectivity index (χ0n) is 7.69. The summed E-state index contributed by atoms with van der Waals surface area (Å²) in [5.41, 5.74) is 5.32. The van der Waals surface area contributed by atoms with E-state index in [0.29, 0.717) is 19.0 Å². The number of rotatable bonds is 5. The van der Waals surface area contributed by atoms with Crippen LogP contribution in [0.2, 0.25) is 0 Å². The Morgan fingerprint density at radius 3 is 3.08 bits per heavy atom. The van der Waals surface area contributed by atoms with Crippen LogP contribution in [0.15, 0.2) is 18.3 Å². The van der Waals surface area contributed by atoms with Crippen LogP contribution in [-0.2, 0) is 0 Å². The molecule has 0 aliphatic carbocycles. The molecule has 0 saturated carbocycles. The molecular weight excluding hydrogens is 168 g/mol. The van der Waals surface area contributed by atoms with Gasteiger partial charge in [0.05, 0.1) is 13.7 Å². The van der Waals surface area contributed by atoms with Crippen LogP contribution in [0.5, 0.6) is 11.6 Å². The average Bonchev–Trinajstić information content (AvgIpc) is 2.19. The number of ether oxygens (including phenoxy) is 2. The van der Waals surface area contributed by atoms with E-state index in [1.54, 1.807) is 25.4 Å². The van der Waals surface area contributed by atoms with Crippen molar-refractivity contribution in [2.45, 2.75) is 6.42 Å². The number of hydrogen-bond donors (Lipinski definition) is 1. The van der Waals surface area contributed by atoms with Crippen LogP contribution in [-0.4, -0.2) is 25.2 Å². The lowest BCUT2D eigenvalue weighted by molar-refractivity contribution is 0.299. The summed E-state index contributed by atoms with van der Waals surface area (Å²) in [5, 5.41) is 0. The fourth-order valence-corrected chi connectivity index (χ4v) is 0.857. The second-order valence-electron chi connectivity index (χ2n) is 2.52. The summed E-state index contributed by atoms with van der Waals surface area (Å²) in [6, 6.07) is 3.52. The number of pyridine rings is 1. The van der Waals surface area contributed by atoms with Gasteiger partial charge in [0.2, 0.25) is 5.88 Å².